The number of hydrogen-bond donors (Lipinski definition) is 0. The van der Waals surface area contributed by atoms with Crippen molar-refractivity contribution in [1.82, 2.24) is 4.90 Å². The number of carbonyl (C=O) groups is 1. The zero-order chi connectivity index (χ0) is 14.0. The number of nitrogens with zero attached hydrogens (tertiary/aromatic N) is 1. The quantitative estimate of drug-likeness (QED) is 0.763. The predicted molar refractivity (Wildman–Crippen MR) is 77.0 cm³/mol. The first kappa shape index (κ1) is 14.1. The molecule has 2 rings (SSSR count). The summed E-state index contributed by atoms with van der Waals surface area (Å²) in [6, 6.07) is 5.89. The number of hydrogen-bond acceptors (Lipinski definition) is 3. The van der Waals surface area contributed by atoms with E-state index in [-0.39, 0.29) is 5.78 Å². The zero-order valence-corrected chi connectivity index (χ0v) is 12.3. The Morgan fingerprint density at radius 1 is 1.32 bits per heavy atom. The molecule has 1 aliphatic rings. The van der Waals surface area contributed by atoms with Gasteiger partial charge in [-0.15, -0.1) is 0 Å². The Kier molecular flexibility index (Phi) is 3.95. The van der Waals surface area contributed by atoms with Crippen molar-refractivity contribution < 1.29 is 9.53 Å². The first-order chi connectivity index (χ1) is 9.02. The fourth-order valence-corrected chi connectivity index (χ4v) is 2.88. The average molecular weight is 261 g/mol. The van der Waals surface area contributed by atoms with Gasteiger partial charge in [0.25, 0.3) is 0 Å². The molecule has 0 saturated carbocycles. The lowest BCUT2D eigenvalue weighted by molar-refractivity contribution is 0.0665. The zero-order valence-electron chi connectivity index (χ0n) is 12.3. The normalized spacial score (nSPS) is 14.4. The summed E-state index contributed by atoms with van der Waals surface area (Å²) in [5.74, 6) is 0.947. The fraction of sp³-hybridized carbons (Fsp3) is 0.562. The Morgan fingerprint density at radius 2 is 2.00 bits per heavy atom. The summed E-state index contributed by atoms with van der Waals surface area (Å²) in [7, 11) is 0. The van der Waals surface area contributed by atoms with Crippen LogP contribution in [0.15, 0.2) is 18.2 Å². The van der Waals surface area contributed by atoms with E-state index in [0.29, 0.717) is 6.61 Å². The van der Waals surface area contributed by atoms with Gasteiger partial charge in [0.15, 0.2) is 5.78 Å². The number of ether oxygens (including phenoxy) is 1. The summed E-state index contributed by atoms with van der Waals surface area (Å²) in [5, 5.41) is 0. The van der Waals surface area contributed by atoms with Gasteiger partial charge in [0.2, 0.25) is 0 Å². The molecular formula is C16H23NO2. The molecule has 0 radical (unpaired) electrons. The maximum absolute atomic E-state index is 12.9. The molecule has 0 bridgehead atoms. The van der Waals surface area contributed by atoms with Crippen molar-refractivity contribution in [1.29, 1.82) is 0 Å². The topological polar surface area (TPSA) is 29.5 Å². The maximum atomic E-state index is 12.9. The third-order valence-electron chi connectivity index (χ3n) is 4.07. The summed E-state index contributed by atoms with van der Waals surface area (Å²) in [4.78, 5) is 15.0. The Labute approximate surface area is 115 Å². The van der Waals surface area contributed by atoms with Crippen LogP contribution < -0.4 is 4.74 Å². The summed E-state index contributed by atoms with van der Waals surface area (Å²) in [6.07, 6.45) is 0.905. The number of para-hydroxylation sites is 1. The molecule has 0 saturated heterocycles. The highest BCUT2D eigenvalue weighted by Crippen LogP contribution is 2.33. The van der Waals surface area contributed by atoms with Crippen molar-refractivity contribution in [3.05, 3.63) is 29.3 Å². The highest BCUT2D eigenvalue weighted by atomic mass is 16.5. The number of carbonyl (C=O) groups excluding carboxylic acids is 1. The molecule has 3 nitrogen and oxygen atoms in total. The minimum Gasteiger partial charge on any atom is -0.492 e. The summed E-state index contributed by atoms with van der Waals surface area (Å²) in [5.41, 5.74) is 1.39. The molecule has 0 unspecified atom stereocenters. The molecule has 19 heavy (non-hydrogen) atoms. The van der Waals surface area contributed by atoms with Crippen LogP contribution in [0.1, 0.15) is 43.6 Å². The average Bonchev–Trinajstić information content (AvgIpc) is 2.87. The monoisotopic (exact) mass is 261 g/mol. The van der Waals surface area contributed by atoms with Crippen LogP contribution in [0.5, 0.6) is 5.75 Å². The highest BCUT2D eigenvalue weighted by Gasteiger charge is 2.36. The first-order valence-corrected chi connectivity index (χ1v) is 7.06. The lowest BCUT2D eigenvalue weighted by atomic mass is 9.89. The number of rotatable bonds is 5. The van der Waals surface area contributed by atoms with E-state index in [9.17, 15) is 4.79 Å². The SMILES string of the molecule is CCN(CC)C(C)(C)C(=O)c1cccc2c1OCC2. The van der Waals surface area contributed by atoms with Crippen molar-refractivity contribution in [2.75, 3.05) is 19.7 Å². The molecule has 1 aromatic rings. The number of Topliss-reactive ketones (excluding diaryl/α,β-unsaturated/α-hetero) is 1. The number of ketones is 1. The molecule has 0 aromatic heterocycles. The van der Waals surface area contributed by atoms with Crippen LogP contribution in [-0.2, 0) is 6.42 Å². The van der Waals surface area contributed by atoms with Crippen molar-refractivity contribution in [2.45, 2.75) is 39.7 Å². The smallest absolute Gasteiger partial charge is 0.186 e. The standard InChI is InChI=1S/C16H23NO2/c1-5-17(6-2)16(3,4)15(18)13-9-7-8-12-10-11-19-14(12)13/h7-9H,5-6,10-11H2,1-4H3. The van der Waals surface area contributed by atoms with Gasteiger partial charge < -0.3 is 4.74 Å². The van der Waals surface area contributed by atoms with Gasteiger partial charge in [0, 0.05) is 6.42 Å². The van der Waals surface area contributed by atoms with Gasteiger partial charge in [-0.1, -0.05) is 26.0 Å². The molecular weight excluding hydrogens is 238 g/mol. The van der Waals surface area contributed by atoms with Gasteiger partial charge in [-0.2, -0.15) is 0 Å². The van der Waals surface area contributed by atoms with E-state index in [4.69, 9.17) is 4.74 Å². The largest absolute Gasteiger partial charge is 0.492 e. The van der Waals surface area contributed by atoms with Gasteiger partial charge in [-0.3, -0.25) is 9.69 Å². The highest BCUT2D eigenvalue weighted by molar-refractivity contribution is 6.05. The van der Waals surface area contributed by atoms with Gasteiger partial charge >= 0.3 is 0 Å². The Hall–Kier alpha value is -1.35. The summed E-state index contributed by atoms with van der Waals surface area (Å²) >= 11 is 0. The van der Waals surface area contributed by atoms with Crippen molar-refractivity contribution in [3.8, 4) is 5.75 Å². The van der Waals surface area contributed by atoms with Crippen molar-refractivity contribution in [3.63, 3.8) is 0 Å². The molecule has 0 amide bonds. The van der Waals surface area contributed by atoms with Crippen LogP contribution in [0.2, 0.25) is 0 Å². The summed E-state index contributed by atoms with van der Waals surface area (Å²) < 4.78 is 5.65. The van der Waals surface area contributed by atoms with Crippen LogP contribution in [-0.4, -0.2) is 35.9 Å². The maximum Gasteiger partial charge on any atom is 0.186 e. The van der Waals surface area contributed by atoms with Crippen LogP contribution >= 0.6 is 0 Å². The number of fused-ring (bicyclic) bond motifs is 1. The molecule has 1 aliphatic heterocycles. The Balaban J connectivity index is 2.37. The number of likely N-dealkylation sites (N-methyl/N-ethyl adjacent to an activating group) is 1. The summed E-state index contributed by atoms with van der Waals surface area (Å²) in [6.45, 7) is 10.6. The van der Waals surface area contributed by atoms with E-state index < -0.39 is 5.54 Å². The van der Waals surface area contributed by atoms with E-state index in [1.807, 2.05) is 32.0 Å². The molecule has 3 heteroatoms. The van der Waals surface area contributed by atoms with Crippen molar-refractivity contribution >= 4 is 5.78 Å². The predicted octanol–water partition coefficient (Wildman–Crippen LogP) is 2.92. The van der Waals surface area contributed by atoms with E-state index in [0.717, 1.165) is 36.4 Å². The second-order valence-electron chi connectivity index (χ2n) is 5.45. The second kappa shape index (κ2) is 5.33. The van der Waals surface area contributed by atoms with Gasteiger partial charge in [-0.25, -0.2) is 0 Å². The lowest BCUT2D eigenvalue weighted by Gasteiger charge is -2.36. The molecule has 1 aromatic carbocycles. The Morgan fingerprint density at radius 3 is 2.63 bits per heavy atom. The molecule has 104 valence electrons. The fourth-order valence-electron chi connectivity index (χ4n) is 2.88. The first-order valence-electron chi connectivity index (χ1n) is 7.06. The lowest BCUT2D eigenvalue weighted by Crippen LogP contribution is -2.50. The number of benzene rings is 1. The second-order valence-corrected chi connectivity index (χ2v) is 5.45. The minimum atomic E-state index is -0.495. The van der Waals surface area contributed by atoms with Crippen LogP contribution in [0.4, 0.5) is 0 Å². The van der Waals surface area contributed by atoms with Crippen LogP contribution in [0, 0.1) is 0 Å². The molecule has 0 spiro atoms. The van der Waals surface area contributed by atoms with Gasteiger partial charge in [-0.05, 0) is 38.6 Å². The van der Waals surface area contributed by atoms with E-state index in [1.54, 1.807) is 0 Å². The third-order valence-corrected chi connectivity index (χ3v) is 4.07. The van der Waals surface area contributed by atoms with Crippen LogP contribution in [0.25, 0.3) is 0 Å². The molecule has 1 heterocycles. The van der Waals surface area contributed by atoms with E-state index in [2.05, 4.69) is 18.7 Å². The van der Waals surface area contributed by atoms with Gasteiger partial charge in [0.1, 0.15) is 5.75 Å². The molecule has 0 atom stereocenters. The van der Waals surface area contributed by atoms with Gasteiger partial charge in [0.05, 0.1) is 17.7 Å². The van der Waals surface area contributed by atoms with Crippen molar-refractivity contribution in [2.24, 2.45) is 0 Å². The third kappa shape index (κ3) is 2.39. The molecule has 0 N–H and O–H groups in total. The minimum absolute atomic E-state index is 0.148. The van der Waals surface area contributed by atoms with E-state index in [1.165, 1.54) is 0 Å². The van der Waals surface area contributed by atoms with E-state index >= 15 is 0 Å². The van der Waals surface area contributed by atoms with Crippen LogP contribution in [0.3, 0.4) is 0 Å². The molecule has 0 aliphatic carbocycles. The Bertz CT molecular complexity index is 476. The molecule has 0 fully saturated rings.